The first-order valence-corrected chi connectivity index (χ1v) is 6.65. The first kappa shape index (κ1) is 11.0. The second-order valence-electron chi connectivity index (χ2n) is 4.00. The van der Waals surface area contributed by atoms with Crippen LogP contribution < -0.4 is 10.6 Å². The standard InChI is InChI=1S/C12H18N2S/c1-15-12-4-2-10(3-5-12)6-13-7-11-8-14-9-11/h2-5,11,13-14H,6-9H2,1H3. The maximum Gasteiger partial charge on any atom is 0.0205 e. The Hall–Kier alpha value is -0.510. The zero-order valence-corrected chi connectivity index (χ0v) is 9.94. The quantitative estimate of drug-likeness (QED) is 0.742. The van der Waals surface area contributed by atoms with Crippen molar-refractivity contribution in [3.63, 3.8) is 0 Å². The van der Waals surface area contributed by atoms with Gasteiger partial charge in [0.1, 0.15) is 0 Å². The van der Waals surface area contributed by atoms with Crippen LogP contribution in [0.5, 0.6) is 0 Å². The minimum Gasteiger partial charge on any atom is -0.316 e. The van der Waals surface area contributed by atoms with E-state index < -0.39 is 0 Å². The van der Waals surface area contributed by atoms with E-state index in [1.165, 1.54) is 23.5 Å². The lowest BCUT2D eigenvalue weighted by atomic mass is 10.0. The first-order chi connectivity index (χ1) is 7.38. The van der Waals surface area contributed by atoms with Gasteiger partial charge in [-0.1, -0.05) is 12.1 Å². The molecule has 0 atom stereocenters. The molecule has 0 bridgehead atoms. The highest BCUT2D eigenvalue weighted by Crippen LogP contribution is 2.14. The van der Waals surface area contributed by atoms with Crippen molar-refractivity contribution in [2.24, 2.45) is 5.92 Å². The van der Waals surface area contributed by atoms with E-state index in [4.69, 9.17) is 0 Å². The minimum absolute atomic E-state index is 0.843. The largest absolute Gasteiger partial charge is 0.316 e. The number of hydrogen-bond donors (Lipinski definition) is 2. The van der Waals surface area contributed by atoms with E-state index in [-0.39, 0.29) is 0 Å². The molecule has 0 radical (unpaired) electrons. The molecule has 1 heterocycles. The van der Waals surface area contributed by atoms with E-state index in [9.17, 15) is 0 Å². The second-order valence-corrected chi connectivity index (χ2v) is 4.88. The highest BCUT2D eigenvalue weighted by atomic mass is 32.2. The maximum atomic E-state index is 3.49. The summed E-state index contributed by atoms with van der Waals surface area (Å²) in [6, 6.07) is 8.79. The maximum absolute atomic E-state index is 3.49. The van der Waals surface area contributed by atoms with E-state index in [2.05, 4.69) is 41.2 Å². The molecule has 0 aliphatic carbocycles. The number of benzene rings is 1. The van der Waals surface area contributed by atoms with Gasteiger partial charge in [0.2, 0.25) is 0 Å². The van der Waals surface area contributed by atoms with Crippen molar-refractivity contribution in [1.29, 1.82) is 0 Å². The Morgan fingerprint density at radius 3 is 2.60 bits per heavy atom. The molecule has 1 aliphatic heterocycles. The van der Waals surface area contributed by atoms with E-state index in [0.717, 1.165) is 19.0 Å². The molecule has 3 heteroatoms. The number of thioether (sulfide) groups is 1. The third-order valence-electron chi connectivity index (χ3n) is 2.79. The van der Waals surface area contributed by atoms with Crippen LogP contribution in [0.4, 0.5) is 0 Å². The Kier molecular flexibility index (Phi) is 4.06. The van der Waals surface area contributed by atoms with Crippen LogP contribution in [0.25, 0.3) is 0 Å². The van der Waals surface area contributed by atoms with Crippen molar-refractivity contribution in [2.45, 2.75) is 11.4 Å². The lowest BCUT2D eigenvalue weighted by Gasteiger charge is -2.27. The van der Waals surface area contributed by atoms with Crippen LogP contribution in [0.2, 0.25) is 0 Å². The minimum atomic E-state index is 0.843. The first-order valence-electron chi connectivity index (χ1n) is 5.43. The van der Waals surface area contributed by atoms with Gasteiger partial charge in [0.25, 0.3) is 0 Å². The zero-order chi connectivity index (χ0) is 10.5. The van der Waals surface area contributed by atoms with Crippen LogP contribution in [0, 0.1) is 5.92 Å². The highest BCUT2D eigenvalue weighted by Gasteiger charge is 2.15. The molecule has 1 aromatic carbocycles. The van der Waals surface area contributed by atoms with Crippen LogP contribution in [0.15, 0.2) is 29.2 Å². The molecule has 1 aliphatic rings. The molecule has 0 aromatic heterocycles. The average Bonchev–Trinajstić information content (AvgIpc) is 2.23. The van der Waals surface area contributed by atoms with Gasteiger partial charge in [0.15, 0.2) is 0 Å². The fraction of sp³-hybridized carbons (Fsp3) is 0.500. The summed E-state index contributed by atoms with van der Waals surface area (Å²) in [5.41, 5.74) is 1.38. The molecular formula is C12H18N2S. The Morgan fingerprint density at radius 2 is 2.07 bits per heavy atom. The van der Waals surface area contributed by atoms with E-state index >= 15 is 0 Å². The lowest BCUT2D eigenvalue weighted by molar-refractivity contribution is 0.331. The molecular weight excluding hydrogens is 204 g/mol. The summed E-state index contributed by atoms with van der Waals surface area (Å²) in [5.74, 6) is 0.843. The fourth-order valence-electron chi connectivity index (χ4n) is 1.66. The van der Waals surface area contributed by atoms with Crippen molar-refractivity contribution < 1.29 is 0 Å². The van der Waals surface area contributed by atoms with Crippen molar-refractivity contribution in [3.05, 3.63) is 29.8 Å². The molecule has 1 aromatic rings. The second kappa shape index (κ2) is 5.54. The van der Waals surface area contributed by atoms with E-state index in [0.29, 0.717) is 0 Å². The van der Waals surface area contributed by atoms with Crippen LogP contribution >= 0.6 is 11.8 Å². The average molecular weight is 222 g/mol. The van der Waals surface area contributed by atoms with Gasteiger partial charge in [0, 0.05) is 31.1 Å². The Morgan fingerprint density at radius 1 is 1.33 bits per heavy atom. The highest BCUT2D eigenvalue weighted by molar-refractivity contribution is 7.98. The Balaban J connectivity index is 1.72. The summed E-state index contributed by atoms with van der Waals surface area (Å²) in [7, 11) is 0. The molecule has 2 N–H and O–H groups in total. The number of rotatable bonds is 5. The third-order valence-corrected chi connectivity index (χ3v) is 3.53. The normalized spacial score (nSPS) is 16.3. The predicted molar refractivity (Wildman–Crippen MR) is 66.3 cm³/mol. The van der Waals surface area contributed by atoms with Gasteiger partial charge in [-0.2, -0.15) is 0 Å². The summed E-state index contributed by atoms with van der Waals surface area (Å²) < 4.78 is 0. The third kappa shape index (κ3) is 3.23. The van der Waals surface area contributed by atoms with Gasteiger partial charge in [-0.3, -0.25) is 0 Å². The lowest BCUT2D eigenvalue weighted by Crippen LogP contribution is -2.47. The van der Waals surface area contributed by atoms with Gasteiger partial charge in [-0.25, -0.2) is 0 Å². The monoisotopic (exact) mass is 222 g/mol. The van der Waals surface area contributed by atoms with Crippen LogP contribution in [0.1, 0.15) is 5.56 Å². The molecule has 82 valence electrons. The summed E-state index contributed by atoms with van der Waals surface area (Å²) in [6.45, 7) is 4.49. The van der Waals surface area contributed by atoms with Crippen LogP contribution in [-0.4, -0.2) is 25.9 Å². The van der Waals surface area contributed by atoms with Crippen molar-refractivity contribution >= 4 is 11.8 Å². The summed E-state index contributed by atoms with van der Waals surface area (Å²) in [4.78, 5) is 1.34. The Labute approximate surface area is 95.8 Å². The molecule has 15 heavy (non-hydrogen) atoms. The van der Waals surface area contributed by atoms with Gasteiger partial charge in [-0.15, -0.1) is 11.8 Å². The molecule has 1 saturated heterocycles. The molecule has 0 amide bonds. The van der Waals surface area contributed by atoms with E-state index in [1.54, 1.807) is 11.8 Å². The summed E-state index contributed by atoms with van der Waals surface area (Å²) in [5, 5.41) is 6.78. The fourth-order valence-corrected chi connectivity index (χ4v) is 2.07. The topological polar surface area (TPSA) is 24.1 Å². The zero-order valence-electron chi connectivity index (χ0n) is 9.12. The van der Waals surface area contributed by atoms with Gasteiger partial charge < -0.3 is 10.6 Å². The smallest absolute Gasteiger partial charge is 0.0205 e. The Bertz CT molecular complexity index is 293. The van der Waals surface area contributed by atoms with Crippen LogP contribution in [0.3, 0.4) is 0 Å². The number of hydrogen-bond acceptors (Lipinski definition) is 3. The van der Waals surface area contributed by atoms with Gasteiger partial charge in [0.05, 0.1) is 0 Å². The predicted octanol–water partition coefficient (Wildman–Crippen LogP) is 1.72. The van der Waals surface area contributed by atoms with Gasteiger partial charge >= 0.3 is 0 Å². The SMILES string of the molecule is CSc1ccc(CNCC2CNC2)cc1. The molecule has 0 unspecified atom stereocenters. The van der Waals surface area contributed by atoms with Crippen molar-refractivity contribution in [3.8, 4) is 0 Å². The molecule has 2 nitrogen and oxygen atoms in total. The summed E-state index contributed by atoms with van der Waals surface area (Å²) >= 11 is 1.79. The number of nitrogens with one attached hydrogen (secondary N) is 2. The van der Waals surface area contributed by atoms with E-state index in [1.807, 2.05) is 0 Å². The molecule has 0 saturated carbocycles. The van der Waals surface area contributed by atoms with Crippen LogP contribution in [-0.2, 0) is 6.54 Å². The molecule has 1 fully saturated rings. The van der Waals surface area contributed by atoms with Gasteiger partial charge in [-0.05, 0) is 29.9 Å². The van der Waals surface area contributed by atoms with Crippen molar-refractivity contribution in [2.75, 3.05) is 25.9 Å². The van der Waals surface area contributed by atoms with Crippen molar-refractivity contribution in [1.82, 2.24) is 10.6 Å². The summed E-state index contributed by atoms with van der Waals surface area (Å²) in [6.07, 6.45) is 2.11. The molecule has 0 spiro atoms. The molecule has 2 rings (SSSR count).